The van der Waals surface area contributed by atoms with Gasteiger partial charge in [-0.1, -0.05) is 0 Å². The van der Waals surface area contributed by atoms with Gasteiger partial charge in [-0.05, 0) is 12.8 Å². The van der Waals surface area contributed by atoms with Gasteiger partial charge in [0.1, 0.15) is 0 Å². The Morgan fingerprint density at radius 1 is 0.706 bits per heavy atom. The molecule has 0 amide bonds. The second-order valence-corrected chi connectivity index (χ2v) is 6.92. The van der Waals surface area contributed by atoms with Gasteiger partial charge < -0.3 is 4.48 Å². The zero-order valence-electron chi connectivity index (χ0n) is 11.6. The fourth-order valence-corrected chi connectivity index (χ4v) is 3.53. The molecule has 2 aliphatic heterocycles. The predicted molar refractivity (Wildman–Crippen MR) is 71.0 cm³/mol. The van der Waals surface area contributed by atoms with Gasteiger partial charge in [0.05, 0.1) is 27.2 Å². The lowest BCUT2D eigenvalue weighted by atomic mass is 10.0. The van der Waals surface area contributed by atoms with Gasteiger partial charge in [-0.2, -0.15) is 0 Å². The van der Waals surface area contributed by atoms with Crippen molar-refractivity contribution in [2.24, 2.45) is 0 Å². The number of piperidine rings is 1. The molecule has 98 valence electrons. The van der Waals surface area contributed by atoms with E-state index in [2.05, 4.69) is 23.9 Å². The quantitative estimate of drug-likeness (QED) is 0.662. The summed E-state index contributed by atoms with van der Waals surface area (Å²) in [6.45, 7) is 8.06. The first-order chi connectivity index (χ1) is 8.14. The molecule has 0 radical (unpaired) electrons. The normalized spacial score (nSPS) is 32.8. The first kappa shape index (κ1) is 11.9. The first-order valence-electron chi connectivity index (χ1n) is 7.44. The van der Waals surface area contributed by atoms with Crippen LogP contribution in [0.15, 0.2) is 0 Å². The van der Waals surface area contributed by atoms with Crippen LogP contribution >= 0.6 is 0 Å². The third-order valence-electron chi connectivity index (χ3n) is 5.06. The summed E-state index contributed by atoms with van der Waals surface area (Å²) >= 11 is 0. The highest BCUT2D eigenvalue weighted by Gasteiger charge is 2.35. The van der Waals surface area contributed by atoms with Crippen LogP contribution in [0.25, 0.3) is 0 Å². The van der Waals surface area contributed by atoms with E-state index in [-0.39, 0.29) is 0 Å². The molecule has 0 unspecified atom stereocenters. The van der Waals surface area contributed by atoms with Gasteiger partial charge in [-0.25, -0.2) is 0 Å². The molecule has 0 aromatic heterocycles. The van der Waals surface area contributed by atoms with Crippen LogP contribution in [0, 0.1) is 0 Å². The minimum absolute atomic E-state index is 0.891. The highest BCUT2D eigenvalue weighted by Crippen LogP contribution is 2.28. The molecule has 3 rings (SSSR count). The maximum atomic E-state index is 2.78. The van der Waals surface area contributed by atoms with E-state index in [1.807, 2.05) is 0 Å². The largest absolute Gasteiger partial charge is 0.328 e. The lowest BCUT2D eigenvalue weighted by molar-refractivity contribution is -0.895. The van der Waals surface area contributed by atoms with Crippen molar-refractivity contribution in [1.82, 2.24) is 9.80 Å². The Morgan fingerprint density at radius 2 is 1.12 bits per heavy atom. The van der Waals surface area contributed by atoms with Gasteiger partial charge in [-0.15, -0.1) is 0 Å². The third-order valence-corrected chi connectivity index (χ3v) is 5.06. The fourth-order valence-electron chi connectivity index (χ4n) is 3.53. The standard InChI is InChI=1S/C14H28N3/c1-17(2)11-5-14(6-12-17)16-9-7-15(8-10-16)13-3-4-13/h13-14H,3-12H2,1-2H3/q+1. The summed E-state index contributed by atoms with van der Waals surface area (Å²) in [5.41, 5.74) is 0. The Kier molecular flexibility index (Phi) is 3.18. The van der Waals surface area contributed by atoms with E-state index in [0.29, 0.717) is 0 Å². The van der Waals surface area contributed by atoms with Gasteiger partial charge in [0.2, 0.25) is 0 Å². The van der Waals surface area contributed by atoms with Crippen molar-refractivity contribution >= 4 is 0 Å². The molecule has 2 saturated heterocycles. The van der Waals surface area contributed by atoms with E-state index in [1.54, 1.807) is 0 Å². The molecule has 3 fully saturated rings. The van der Waals surface area contributed by atoms with E-state index in [1.165, 1.54) is 69.4 Å². The van der Waals surface area contributed by atoms with Gasteiger partial charge >= 0.3 is 0 Å². The topological polar surface area (TPSA) is 6.48 Å². The van der Waals surface area contributed by atoms with Crippen LogP contribution in [0.2, 0.25) is 0 Å². The number of piperazine rings is 1. The van der Waals surface area contributed by atoms with Crippen molar-refractivity contribution in [2.75, 3.05) is 53.4 Å². The van der Waals surface area contributed by atoms with Crippen LogP contribution < -0.4 is 0 Å². The van der Waals surface area contributed by atoms with Crippen molar-refractivity contribution in [3.05, 3.63) is 0 Å². The van der Waals surface area contributed by atoms with Crippen LogP contribution in [0.5, 0.6) is 0 Å². The van der Waals surface area contributed by atoms with Crippen LogP contribution in [0.4, 0.5) is 0 Å². The molecule has 0 aromatic carbocycles. The summed E-state index contributed by atoms with van der Waals surface area (Å²) in [4.78, 5) is 5.50. The van der Waals surface area contributed by atoms with Crippen LogP contribution in [0.3, 0.4) is 0 Å². The number of likely N-dealkylation sites (tertiary alicyclic amines) is 1. The van der Waals surface area contributed by atoms with E-state index in [9.17, 15) is 0 Å². The fraction of sp³-hybridized carbons (Fsp3) is 1.00. The van der Waals surface area contributed by atoms with Crippen molar-refractivity contribution in [3.63, 3.8) is 0 Å². The van der Waals surface area contributed by atoms with Crippen molar-refractivity contribution in [3.8, 4) is 0 Å². The summed E-state index contributed by atoms with van der Waals surface area (Å²) in [5.74, 6) is 0. The van der Waals surface area contributed by atoms with Gasteiger partial charge in [0.15, 0.2) is 0 Å². The molecule has 0 aromatic rings. The molecule has 3 aliphatic rings. The molecular weight excluding hydrogens is 210 g/mol. The second kappa shape index (κ2) is 4.52. The zero-order chi connectivity index (χ0) is 11.9. The lowest BCUT2D eigenvalue weighted by Gasteiger charge is -2.44. The minimum Gasteiger partial charge on any atom is -0.328 e. The lowest BCUT2D eigenvalue weighted by Crippen LogP contribution is -2.56. The van der Waals surface area contributed by atoms with Gasteiger partial charge in [-0.3, -0.25) is 9.80 Å². The number of nitrogens with zero attached hydrogens (tertiary/aromatic N) is 3. The second-order valence-electron chi connectivity index (χ2n) is 6.92. The molecule has 3 nitrogen and oxygen atoms in total. The average molecular weight is 238 g/mol. The number of rotatable bonds is 2. The molecule has 0 bridgehead atoms. The molecular formula is C14H28N3+. The molecule has 1 aliphatic carbocycles. The molecule has 3 heteroatoms. The van der Waals surface area contributed by atoms with E-state index in [0.717, 1.165) is 12.1 Å². The molecule has 0 atom stereocenters. The van der Waals surface area contributed by atoms with E-state index in [4.69, 9.17) is 0 Å². The summed E-state index contributed by atoms with van der Waals surface area (Å²) in [7, 11) is 4.75. The monoisotopic (exact) mass is 238 g/mol. The van der Waals surface area contributed by atoms with Gasteiger partial charge in [0.25, 0.3) is 0 Å². The average Bonchev–Trinajstić information content (AvgIpc) is 3.13. The summed E-state index contributed by atoms with van der Waals surface area (Å²) < 4.78 is 1.23. The van der Waals surface area contributed by atoms with Crippen molar-refractivity contribution in [2.45, 2.75) is 37.8 Å². The van der Waals surface area contributed by atoms with E-state index >= 15 is 0 Å². The predicted octanol–water partition coefficient (Wildman–Crippen LogP) is 1.01. The third kappa shape index (κ3) is 2.83. The molecule has 2 heterocycles. The summed E-state index contributed by atoms with van der Waals surface area (Å²) in [5, 5.41) is 0. The number of hydrogen-bond acceptors (Lipinski definition) is 2. The Labute approximate surface area is 106 Å². The zero-order valence-corrected chi connectivity index (χ0v) is 11.6. The Bertz CT molecular complexity index is 255. The smallest absolute Gasteiger partial charge is 0.0797 e. The summed E-state index contributed by atoms with van der Waals surface area (Å²) in [6, 6.07) is 1.86. The maximum Gasteiger partial charge on any atom is 0.0797 e. The minimum atomic E-state index is 0.891. The van der Waals surface area contributed by atoms with Crippen molar-refractivity contribution in [1.29, 1.82) is 0 Å². The van der Waals surface area contributed by atoms with E-state index < -0.39 is 0 Å². The Balaban J connectivity index is 1.46. The van der Waals surface area contributed by atoms with Crippen LogP contribution in [0.1, 0.15) is 25.7 Å². The maximum absolute atomic E-state index is 2.78. The van der Waals surface area contributed by atoms with Gasteiger partial charge in [0, 0.05) is 51.1 Å². The van der Waals surface area contributed by atoms with Crippen LogP contribution in [-0.2, 0) is 0 Å². The molecule has 0 spiro atoms. The summed E-state index contributed by atoms with van der Waals surface area (Å²) in [6.07, 6.45) is 5.76. The van der Waals surface area contributed by atoms with Crippen LogP contribution in [-0.4, -0.2) is 79.7 Å². The molecule has 1 saturated carbocycles. The highest BCUT2D eigenvalue weighted by atomic mass is 15.3. The first-order valence-corrected chi connectivity index (χ1v) is 7.44. The SMILES string of the molecule is C[N+]1(C)CCC(N2CCN(C3CC3)CC2)CC1. The highest BCUT2D eigenvalue weighted by molar-refractivity contribution is 4.89. The Hall–Kier alpha value is -0.120. The molecule has 0 N–H and O–H groups in total. The Morgan fingerprint density at radius 3 is 1.53 bits per heavy atom. The number of quaternary nitrogens is 1. The molecule has 17 heavy (non-hydrogen) atoms. The number of hydrogen-bond donors (Lipinski definition) is 0. The van der Waals surface area contributed by atoms with Crippen molar-refractivity contribution < 1.29 is 4.48 Å².